The maximum atomic E-state index is 3.83. The number of nitrogens with zero attached hydrogens (tertiary/aromatic N) is 1. The molecule has 0 heterocycles. The van der Waals surface area contributed by atoms with Gasteiger partial charge in [-0.3, -0.25) is 4.90 Å². The van der Waals surface area contributed by atoms with Crippen molar-refractivity contribution in [2.45, 2.75) is 52.5 Å². The highest BCUT2D eigenvalue weighted by atomic mass is 15.2. The Morgan fingerprint density at radius 2 is 1.88 bits per heavy atom. The molecule has 0 bridgehead atoms. The second-order valence-corrected chi connectivity index (χ2v) is 5.36. The first kappa shape index (κ1) is 15.7. The summed E-state index contributed by atoms with van der Waals surface area (Å²) in [6.45, 7) is 17.3. The van der Waals surface area contributed by atoms with Gasteiger partial charge in [-0.25, -0.2) is 0 Å². The lowest BCUT2D eigenvalue weighted by molar-refractivity contribution is 0.151. The van der Waals surface area contributed by atoms with Crippen molar-refractivity contribution in [3.05, 3.63) is 12.7 Å². The van der Waals surface area contributed by atoms with Gasteiger partial charge >= 0.3 is 0 Å². The highest BCUT2D eigenvalue weighted by Gasteiger charge is 2.18. The van der Waals surface area contributed by atoms with Gasteiger partial charge in [-0.05, 0) is 59.7 Å². The molecule has 16 heavy (non-hydrogen) atoms. The van der Waals surface area contributed by atoms with Crippen molar-refractivity contribution in [2.75, 3.05) is 26.2 Å². The third-order valence-corrected chi connectivity index (χ3v) is 2.76. The Labute approximate surface area is 102 Å². The maximum Gasteiger partial charge on any atom is 0.0165 e. The summed E-state index contributed by atoms with van der Waals surface area (Å²) in [5.41, 5.74) is 0.255. The van der Waals surface area contributed by atoms with E-state index in [4.69, 9.17) is 0 Å². The van der Waals surface area contributed by atoms with Crippen molar-refractivity contribution in [1.82, 2.24) is 10.2 Å². The average Bonchev–Trinajstić information content (AvgIpc) is 2.20. The summed E-state index contributed by atoms with van der Waals surface area (Å²) in [5.74, 6) is 0. The van der Waals surface area contributed by atoms with Gasteiger partial charge in [0.2, 0.25) is 0 Å². The molecular weight excluding hydrogens is 196 g/mol. The summed E-state index contributed by atoms with van der Waals surface area (Å²) < 4.78 is 0. The van der Waals surface area contributed by atoms with Crippen LogP contribution in [0.25, 0.3) is 0 Å². The predicted octanol–water partition coefficient (Wildman–Crippen LogP) is 3.05. The standard InChI is InChI=1S/C14H30N2/c1-6-10-15-11-8-9-13-16(12-7-2)14(3,4)5/h7,15H,2,6,8-13H2,1,3-5H3. The third-order valence-electron chi connectivity index (χ3n) is 2.76. The molecule has 0 aromatic heterocycles. The fourth-order valence-electron chi connectivity index (χ4n) is 1.71. The highest BCUT2D eigenvalue weighted by molar-refractivity contribution is 4.82. The van der Waals surface area contributed by atoms with Crippen LogP contribution in [0, 0.1) is 0 Å². The summed E-state index contributed by atoms with van der Waals surface area (Å²) in [4.78, 5) is 2.49. The van der Waals surface area contributed by atoms with E-state index >= 15 is 0 Å². The van der Waals surface area contributed by atoms with Crippen LogP contribution in [0.15, 0.2) is 12.7 Å². The Kier molecular flexibility index (Phi) is 8.58. The lowest BCUT2D eigenvalue weighted by Gasteiger charge is -2.34. The largest absolute Gasteiger partial charge is 0.317 e. The van der Waals surface area contributed by atoms with Crippen LogP contribution in [-0.4, -0.2) is 36.6 Å². The zero-order chi connectivity index (χ0) is 12.4. The molecule has 0 saturated heterocycles. The molecule has 0 radical (unpaired) electrons. The summed E-state index contributed by atoms with van der Waals surface area (Å²) >= 11 is 0. The minimum absolute atomic E-state index is 0.255. The number of hydrogen-bond donors (Lipinski definition) is 1. The summed E-state index contributed by atoms with van der Waals surface area (Å²) in [7, 11) is 0. The molecule has 96 valence electrons. The van der Waals surface area contributed by atoms with E-state index in [0.29, 0.717) is 0 Å². The van der Waals surface area contributed by atoms with Gasteiger partial charge in [0.05, 0.1) is 0 Å². The van der Waals surface area contributed by atoms with Gasteiger partial charge in [-0.2, -0.15) is 0 Å². The van der Waals surface area contributed by atoms with E-state index in [9.17, 15) is 0 Å². The quantitative estimate of drug-likeness (QED) is 0.480. The molecule has 1 N–H and O–H groups in total. The van der Waals surface area contributed by atoms with Crippen molar-refractivity contribution >= 4 is 0 Å². The number of rotatable bonds is 9. The van der Waals surface area contributed by atoms with Crippen LogP contribution in [0.2, 0.25) is 0 Å². The third kappa shape index (κ3) is 7.89. The minimum Gasteiger partial charge on any atom is -0.317 e. The molecule has 2 heteroatoms. The second kappa shape index (κ2) is 8.77. The van der Waals surface area contributed by atoms with E-state index in [1.54, 1.807) is 0 Å². The van der Waals surface area contributed by atoms with E-state index in [0.717, 1.165) is 19.6 Å². The summed E-state index contributed by atoms with van der Waals surface area (Å²) in [6, 6.07) is 0. The van der Waals surface area contributed by atoms with Gasteiger partial charge in [0.15, 0.2) is 0 Å². The minimum atomic E-state index is 0.255. The molecule has 0 unspecified atom stereocenters. The zero-order valence-electron chi connectivity index (χ0n) is 11.7. The monoisotopic (exact) mass is 226 g/mol. The van der Waals surface area contributed by atoms with E-state index < -0.39 is 0 Å². The Morgan fingerprint density at radius 1 is 1.19 bits per heavy atom. The highest BCUT2D eigenvalue weighted by Crippen LogP contribution is 2.13. The first-order valence-corrected chi connectivity index (χ1v) is 6.59. The molecule has 0 fully saturated rings. The molecule has 0 aromatic rings. The first-order valence-electron chi connectivity index (χ1n) is 6.59. The van der Waals surface area contributed by atoms with Gasteiger partial charge in [0, 0.05) is 12.1 Å². The van der Waals surface area contributed by atoms with Crippen LogP contribution in [0.3, 0.4) is 0 Å². The first-order chi connectivity index (χ1) is 7.52. The van der Waals surface area contributed by atoms with E-state index in [-0.39, 0.29) is 5.54 Å². The fraction of sp³-hybridized carbons (Fsp3) is 0.857. The lowest BCUT2D eigenvalue weighted by atomic mass is 10.1. The fourth-order valence-corrected chi connectivity index (χ4v) is 1.71. The lowest BCUT2D eigenvalue weighted by Crippen LogP contribution is -2.42. The Balaban J connectivity index is 3.65. The number of nitrogens with one attached hydrogen (secondary N) is 1. The molecule has 0 aromatic carbocycles. The maximum absolute atomic E-state index is 3.83. The Morgan fingerprint density at radius 3 is 2.38 bits per heavy atom. The van der Waals surface area contributed by atoms with Crippen molar-refractivity contribution in [1.29, 1.82) is 0 Å². The van der Waals surface area contributed by atoms with Crippen LogP contribution >= 0.6 is 0 Å². The molecule has 0 amide bonds. The zero-order valence-corrected chi connectivity index (χ0v) is 11.7. The smallest absolute Gasteiger partial charge is 0.0165 e. The van der Waals surface area contributed by atoms with Crippen LogP contribution in [-0.2, 0) is 0 Å². The van der Waals surface area contributed by atoms with Crippen molar-refractivity contribution in [2.24, 2.45) is 0 Å². The van der Waals surface area contributed by atoms with Gasteiger partial charge in [-0.1, -0.05) is 13.0 Å². The molecule has 0 aliphatic carbocycles. The topological polar surface area (TPSA) is 15.3 Å². The molecule has 0 spiro atoms. The Bertz CT molecular complexity index is 170. The normalized spacial score (nSPS) is 12.1. The molecular formula is C14H30N2. The van der Waals surface area contributed by atoms with Crippen LogP contribution in [0.4, 0.5) is 0 Å². The average molecular weight is 226 g/mol. The van der Waals surface area contributed by atoms with Gasteiger partial charge < -0.3 is 5.32 Å². The van der Waals surface area contributed by atoms with E-state index in [2.05, 4.69) is 44.5 Å². The van der Waals surface area contributed by atoms with Crippen LogP contribution in [0.5, 0.6) is 0 Å². The SMILES string of the molecule is C=CCN(CCCCNCCC)C(C)(C)C. The van der Waals surface area contributed by atoms with Gasteiger partial charge in [0.25, 0.3) is 0 Å². The van der Waals surface area contributed by atoms with Gasteiger partial charge in [-0.15, -0.1) is 6.58 Å². The molecule has 0 rings (SSSR count). The molecule has 2 nitrogen and oxygen atoms in total. The van der Waals surface area contributed by atoms with Crippen LogP contribution in [0.1, 0.15) is 47.0 Å². The molecule has 0 aliphatic heterocycles. The van der Waals surface area contributed by atoms with Crippen LogP contribution < -0.4 is 5.32 Å². The van der Waals surface area contributed by atoms with Gasteiger partial charge in [0.1, 0.15) is 0 Å². The van der Waals surface area contributed by atoms with Crippen molar-refractivity contribution in [3.63, 3.8) is 0 Å². The molecule has 0 saturated carbocycles. The van der Waals surface area contributed by atoms with E-state index in [1.807, 2.05) is 6.08 Å². The van der Waals surface area contributed by atoms with Crippen molar-refractivity contribution < 1.29 is 0 Å². The molecule has 0 atom stereocenters. The predicted molar refractivity (Wildman–Crippen MR) is 73.9 cm³/mol. The number of hydrogen-bond acceptors (Lipinski definition) is 2. The summed E-state index contributed by atoms with van der Waals surface area (Å²) in [5, 5.41) is 3.44. The molecule has 0 aliphatic rings. The summed E-state index contributed by atoms with van der Waals surface area (Å²) in [6.07, 6.45) is 5.76. The van der Waals surface area contributed by atoms with E-state index in [1.165, 1.54) is 25.8 Å². The number of unbranched alkanes of at least 4 members (excludes halogenated alkanes) is 1. The second-order valence-electron chi connectivity index (χ2n) is 5.36. The Hall–Kier alpha value is -0.340. The van der Waals surface area contributed by atoms with Crippen molar-refractivity contribution in [3.8, 4) is 0 Å².